The molecular weight excluding hydrogens is 252 g/mol. The second kappa shape index (κ2) is 4.74. The van der Waals surface area contributed by atoms with Crippen molar-refractivity contribution in [3.05, 3.63) is 17.5 Å². The highest BCUT2D eigenvalue weighted by Gasteiger charge is 2.27. The van der Waals surface area contributed by atoms with Crippen LogP contribution in [0.25, 0.3) is 11.0 Å². The van der Waals surface area contributed by atoms with Crippen LogP contribution in [0.2, 0.25) is 5.15 Å². The van der Waals surface area contributed by atoms with Gasteiger partial charge in [-0.25, -0.2) is 9.97 Å². The molecule has 96 valence electrons. The van der Waals surface area contributed by atoms with Gasteiger partial charge in [0.1, 0.15) is 22.9 Å². The number of hydrogen-bond donors (Lipinski definition) is 3. The van der Waals surface area contributed by atoms with Gasteiger partial charge in [0.2, 0.25) is 0 Å². The first kappa shape index (κ1) is 11.7. The van der Waals surface area contributed by atoms with Gasteiger partial charge >= 0.3 is 0 Å². The fourth-order valence-electron chi connectivity index (χ4n) is 2.64. The summed E-state index contributed by atoms with van der Waals surface area (Å²) in [5.41, 5.74) is 0.732. The first-order valence-electron chi connectivity index (χ1n) is 6.14. The summed E-state index contributed by atoms with van der Waals surface area (Å²) in [6, 6.07) is 2.10. The number of hydrogen-bond acceptors (Lipinski definition) is 4. The van der Waals surface area contributed by atoms with Crippen molar-refractivity contribution in [2.75, 3.05) is 11.9 Å². The molecule has 1 fully saturated rings. The summed E-state index contributed by atoms with van der Waals surface area (Å²) in [6.07, 6.45) is 4.79. The molecular formula is C12H15ClN4O. The number of rotatable bonds is 3. The van der Waals surface area contributed by atoms with Crippen molar-refractivity contribution in [1.29, 1.82) is 0 Å². The fourth-order valence-corrected chi connectivity index (χ4v) is 2.84. The topological polar surface area (TPSA) is 73.8 Å². The predicted molar refractivity (Wildman–Crippen MR) is 70.7 cm³/mol. The number of aromatic nitrogens is 3. The Morgan fingerprint density at radius 1 is 1.44 bits per heavy atom. The van der Waals surface area contributed by atoms with Crippen LogP contribution in [0.1, 0.15) is 19.3 Å². The number of halogens is 1. The molecule has 0 saturated heterocycles. The van der Waals surface area contributed by atoms with Crippen LogP contribution in [0, 0.1) is 5.92 Å². The molecule has 1 saturated carbocycles. The molecule has 2 atom stereocenters. The van der Waals surface area contributed by atoms with Crippen molar-refractivity contribution in [3.63, 3.8) is 0 Å². The maximum atomic E-state index is 9.33. The molecule has 2 aromatic rings. The van der Waals surface area contributed by atoms with E-state index in [2.05, 4.69) is 20.3 Å². The Kier molecular flexibility index (Phi) is 3.09. The van der Waals surface area contributed by atoms with Crippen molar-refractivity contribution < 1.29 is 5.11 Å². The molecule has 0 radical (unpaired) electrons. The monoisotopic (exact) mass is 266 g/mol. The molecule has 6 heteroatoms. The number of aromatic amines is 1. The third-order valence-electron chi connectivity index (χ3n) is 3.61. The van der Waals surface area contributed by atoms with Crippen molar-refractivity contribution in [3.8, 4) is 0 Å². The fraction of sp³-hybridized carbons (Fsp3) is 0.500. The number of aliphatic hydroxyl groups excluding tert-OH is 1. The van der Waals surface area contributed by atoms with Gasteiger partial charge in [0.15, 0.2) is 0 Å². The van der Waals surface area contributed by atoms with E-state index in [9.17, 15) is 5.11 Å². The lowest BCUT2D eigenvalue weighted by Gasteiger charge is -2.19. The molecule has 0 aromatic carbocycles. The van der Waals surface area contributed by atoms with Crippen LogP contribution < -0.4 is 5.32 Å². The third-order valence-corrected chi connectivity index (χ3v) is 3.81. The maximum Gasteiger partial charge on any atom is 0.144 e. The molecule has 1 aliphatic carbocycles. The van der Waals surface area contributed by atoms with Gasteiger partial charge in [-0.3, -0.25) is 0 Å². The number of aliphatic hydroxyl groups is 1. The van der Waals surface area contributed by atoms with Gasteiger partial charge in [0.05, 0.1) is 5.39 Å². The number of fused-ring (bicyclic) bond motifs is 1. The average Bonchev–Trinajstić information content (AvgIpc) is 2.94. The van der Waals surface area contributed by atoms with E-state index in [0.717, 1.165) is 36.1 Å². The Balaban J connectivity index is 1.90. The average molecular weight is 267 g/mol. The van der Waals surface area contributed by atoms with E-state index in [-0.39, 0.29) is 12.6 Å². The van der Waals surface area contributed by atoms with Crippen LogP contribution in [-0.2, 0) is 0 Å². The molecule has 0 amide bonds. The van der Waals surface area contributed by atoms with E-state index in [1.807, 2.05) is 6.07 Å². The summed E-state index contributed by atoms with van der Waals surface area (Å²) < 4.78 is 0. The molecule has 2 aromatic heterocycles. The number of nitrogens with one attached hydrogen (secondary N) is 2. The molecule has 0 aliphatic heterocycles. The van der Waals surface area contributed by atoms with Gasteiger partial charge in [0.25, 0.3) is 0 Å². The van der Waals surface area contributed by atoms with Crippen LogP contribution in [0.3, 0.4) is 0 Å². The van der Waals surface area contributed by atoms with Gasteiger partial charge in [0, 0.05) is 18.6 Å². The number of anilines is 1. The second-order valence-corrected chi connectivity index (χ2v) is 5.13. The van der Waals surface area contributed by atoms with Crippen LogP contribution in [0.4, 0.5) is 5.82 Å². The summed E-state index contributed by atoms with van der Waals surface area (Å²) in [4.78, 5) is 11.4. The SMILES string of the molecule is OC[C@@H]1CCC[C@@H]1Nc1ncnc2[nH]c(Cl)cc12. The van der Waals surface area contributed by atoms with Crippen molar-refractivity contribution >= 4 is 28.5 Å². The standard InChI is InChI=1S/C12H15ClN4O/c13-10-4-8-11(14-6-15-12(8)17-10)16-9-3-1-2-7(9)5-18/h4,6-7,9,18H,1-3,5H2,(H2,14,15,16,17)/t7-,9-/m0/s1. The molecule has 3 rings (SSSR count). The lowest BCUT2D eigenvalue weighted by molar-refractivity contribution is 0.222. The summed E-state index contributed by atoms with van der Waals surface area (Å²) in [6.45, 7) is 0.222. The van der Waals surface area contributed by atoms with Crippen LogP contribution in [0.15, 0.2) is 12.4 Å². The lowest BCUT2D eigenvalue weighted by atomic mass is 10.1. The van der Waals surface area contributed by atoms with Crippen molar-refractivity contribution in [2.24, 2.45) is 5.92 Å². The third kappa shape index (κ3) is 2.04. The summed E-state index contributed by atoms with van der Waals surface area (Å²) in [5.74, 6) is 1.10. The molecule has 18 heavy (non-hydrogen) atoms. The van der Waals surface area contributed by atoms with E-state index in [1.54, 1.807) is 0 Å². The lowest BCUT2D eigenvalue weighted by Crippen LogP contribution is -2.26. The van der Waals surface area contributed by atoms with Crippen molar-refractivity contribution in [2.45, 2.75) is 25.3 Å². The Morgan fingerprint density at radius 3 is 3.17 bits per heavy atom. The smallest absolute Gasteiger partial charge is 0.144 e. The maximum absolute atomic E-state index is 9.33. The molecule has 2 heterocycles. The zero-order valence-corrected chi connectivity index (χ0v) is 10.6. The number of nitrogens with zero attached hydrogens (tertiary/aromatic N) is 2. The van der Waals surface area contributed by atoms with Crippen LogP contribution in [-0.4, -0.2) is 32.7 Å². The summed E-state index contributed by atoms with van der Waals surface area (Å²) in [7, 11) is 0. The Bertz CT molecular complexity index is 556. The van der Waals surface area contributed by atoms with Crippen molar-refractivity contribution in [1.82, 2.24) is 15.0 Å². The Hall–Kier alpha value is -1.33. The van der Waals surface area contributed by atoms with Gasteiger partial charge in [-0.15, -0.1) is 0 Å². The van der Waals surface area contributed by atoms with E-state index in [1.165, 1.54) is 6.33 Å². The van der Waals surface area contributed by atoms with Gasteiger partial charge in [-0.1, -0.05) is 18.0 Å². The van der Waals surface area contributed by atoms with E-state index >= 15 is 0 Å². The highest BCUT2D eigenvalue weighted by molar-refractivity contribution is 6.30. The van der Waals surface area contributed by atoms with E-state index < -0.39 is 0 Å². The van der Waals surface area contributed by atoms with Crippen LogP contribution in [0.5, 0.6) is 0 Å². The highest BCUT2D eigenvalue weighted by atomic mass is 35.5. The largest absolute Gasteiger partial charge is 0.396 e. The summed E-state index contributed by atoms with van der Waals surface area (Å²) >= 11 is 5.94. The zero-order chi connectivity index (χ0) is 12.5. The van der Waals surface area contributed by atoms with Gasteiger partial charge < -0.3 is 15.4 Å². The van der Waals surface area contributed by atoms with Gasteiger partial charge in [-0.2, -0.15) is 0 Å². The normalized spacial score (nSPS) is 23.7. The van der Waals surface area contributed by atoms with Gasteiger partial charge in [-0.05, 0) is 18.9 Å². The minimum atomic E-state index is 0.222. The quantitative estimate of drug-likeness (QED) is 0.796. The van der Waals surface area contributed by atoms with E-state index in [0.29, 0.717) is 11.1 Å². The second-order valence-electron chi connectivity index (χ2n) is 4.73. The summed E-state index contributed by atoms with van der Waals surface area (Å²) in [5, 5.41) is 14.2. The van der Waals surface area contributed by atoms with E-state index in [4.69, 9.17) is 11.6 Å². The minimum Gasteiger partial charge on any atom is -0.396 e. The molecule has 0 unspecified atom stereocenters. The molecule has 0 bridgehead atoms. The molecule has 5 nitrogen and oxygen atoms in total. The predicted octanol–water partition coefficient (Wildman–Crippen LogP) is 2.18. The first-order valence-corrected chi connectivity index (χ1v) is 6.52. The zero-order valence-electron chi connectivity index (χ0n) is 9.86. The first-order chi connectivity index (χ1) is 8.78. The Labute approximate surface area is 110 Å². The van der Waals surface area contributed by atoms with Crippen LogP contribution >= 0.6 is 11.6 Å². The Morgan fingerprint density at radius 2 is 2.33 bits per heavy atom. The minimum absolute atomic E-state index is 0.222. The highest BCUT2D eigenvalue weighted by Crippen LogP contribution is 2.30. The molecule has 0 spiro atoms. The number of H-pyrrole nitrogens is 1. The molecule has 1 aliphatic rings. The molecule has 3 N–H and O–H groups in total.